The second-order valence-corrected chi connectivity index (χ2v) is 5.00. The molecule has 0 saturated carbocycles. The fraction of sp³-hybridized carbons (Fsp3) is 0.391. The summed E-state index contributed by atoms with van der Waals surface area (Å²) in [6, 6.07) is 21.0. The molecule has 0 atom stereocenters. The number of benzene rings is 2. The Balaban J connectivity index is -0.000000145. The largest absolute Gasteiger partial charge is 0.189 e. The van der Waals surface area contributed by atoms with Crippen LogP contribution >= 0.6 is 0 Å². The van der Waals surface area contributed by atoms with Gasteiger partial charge >= 0.3 is 0 Å². The van der Waals surface area contributed by atoms with Crippen molar-refractivity contribution in [2.75, 3.05) is 0 Å². The van der Waals surface area contributed by atoms with E-state index in [4.69, 9.17) is 0 Å². The minimum absolute atomic E-state index is 0. The van der Waals surface area contributed by atoms with Gasteiger partial charge in [0.15, 0.2) is 0 Å². The van der Waals surface area contributed by atoms with Gasteiger partial charge in [-0.1, -0.05) is 73.9 Å². The Morgan fingerprint density at radius 2 is 0.840 bits per heavy atom. The molecule has 2 aromatic rings. The summed E-state index contributed by atoms with van der Waals surface area (Å²) < 4.78 is 0. The van der Waals surface area contributed by atoms with E-state index in [1.165, 1.54) is 23.0 Å². The fourth-order valence-corrected chi connectivity index (χ4v) is 1.85. The van der Waals surface area contributed by atoms with Gasteiger partial charge in [0.2, 0.25) is 0 Å². The summed E-state index contributed by atoms with van der Waals surface area (Å²) in [5.41, 5.74) is 2.73. The fourth-order valence-electron chi connectivity index (χ4n) is 1.85. The van der Waals surface area contributed by atoms with Gasteiger partial charge < -0.3 is 0 Å². The molecule has 2 aromatic carbocycles. The molecule has 0 fully saturated rings. The molecular formula is C23H36Y2-2. The van der Waals surface area contributed by atoms with Crippen LogP contribution in [0, 0.1) is 11.8 Å². The molecule has 0 unspecified atom stereocenters. The summed E-state index contributed by atoms with van der Waals surface area (Å²) >= 11 is 0. The zero-order chi connectivity index (χ0) is 16.8. The normalized spacial score (nSPS) is 7.76. The van der Waals surface area contributed by atoms with Crippen LogP contribution in [0.25, 0.3) is 0 Å². The molecule has 0 aliphatic rings. The van der Waals surface area contributed by atoms with Crippen molar-refractivity contribution in [3.8, 4) is 0 Å². The molecule has 2 radical (unpaired) electrons. The number of rotatable bonds is 4. The Hall–Kier alpha value is 0.388. The summed E-state index contributed by atoms with van der Waals surface area (Å²) in [5.74, 6) is 2.92. The van der Waals surface area contributed by atoms with E-state index in [9.17, 15) is 0 Å². The summed E-state index contributed by atoms with van der Waals surface area (Å²) in [7, 11) is 0. The molecule has 2 heteroatoms. The zero-order valence-corrected chi connectivity index (χ0v) is 22.0. The second kappa shape index (κ2) is 22.4. The van der Waals surface area contributed by atoms with Crippen molar-refractivity contribution in [2.24, 2.45) is 0 Å². The smallest absolute Gasteiger partial charge is 0 e. The Bertz CT molecular complexity index is 409. The summed E-state index contributed by atoms with van der Waals surface area (Å²) in [6.45, 7) is 12.7. The van der Waals surface area contributed by atoms with Gasteiger partial charge in [-0.2, -0.15) is 47.2 Å². The maximum absolute atomic E-state index is 2.18. The maximum Gasteiger partial charge on any atom is 0 e. The van der Waals surface area contributed by atoms with Crippen molar-refractivity contribution < 1.29 is 65.4 Å². The molecule has 0 aliphatic carbocycles. The number of hydrogen-bond donors (Lipinski definition) is 0. The molecule has 0 saturated heterocycles. The quantitative estimate of drug-likeness (QED) is 0.385. The first-order valence-corrected chi connectivity index (χ1v) is 8.44. The van der Waals surface area contributed by atoms with Gasteiger partial charge in [-0.25, -0.2) is 0 Å². The standard InChI is InChI=1S/2C10H13.C2H6.CH4.2Y/c2*1-3-9(2)10-7-5-4-6-8-10;1-2;;;/h2*4-8H,3H2,1-2H3;1-2H3;1H4;;/q2*-1;;;;. The average molecular weight is 490 g/mol. The van der Waals surface area contributed by atoms with E-state index in [0.717, 1.165) is 12.8 Å². The van der Waals surface area contributed by atoms with Crippen molar-refractivity contribution in [1.29, 1.82) is 0 Å². The first-order valence-electron chi connectivity index (χ1n) is 8.44. The Morgan fingerprint density at radius 3 is 1.04 bits per heavy atom. The molecular weight excluding hydrogens is 454 g/mol. The molecule has 0 aliphatic heterocycles. The predicted octanol–water partition coefficient (Wildman–Crippen LogP) is 7.74. The van der Waals surface area contributed by atoms with Gasteiger partial charge in [-0.15, -0.1) is 24.3 Å². The van der Waals surface area contributed by atoms with E-state index in [1.807, 2.05) is 26.0 Å². The number of hydrogen-bond acceptors (Lipinski definition) is 0. The van der Waals surface area contributed by atoms with E-state index >= 15 is 0 Å². The van der Waals surface area contributed by atoms with Crippen molar-refractivity contribution in [1.82, 2.24) is 0 Å². The molecule has 0 N–H and O–H groups in total. The minimum Gasteiger partial charge on any atom is -0.189 e. The third-order valence-corrected chi connectivity index (χ3v) is 3.59. The van der Waals surface area contributed by atoms with Gasteiger partial charge in [0, 0.05) is 65.4 Å². The van der Waals surface area contributed by atoms with Gasteiger partial charge in [-0.05, 0) is 0 Å². The second-order valence-electron chi connectivity index (χ2n) is 5.00. The van der Waals surface area contributed by atoms with Crippen molar-refractivity contribution in [3.05, 3.63) is 83.6 Å². The van der Waals surface area contributed by atoms with Crippen LogP contribution < -0.4 is 0 Å². The summed E-state index contributed by atoms with van der Waals surface area (Å²) in [4.78, 5) is 0. The van der Waals surface area contributed by atoms with Crippen LogP contribution in [0.3, 0.4) is 0 Å². The van der Waals surface area contributed by atoms with Crippen LogP contribution in [0.4, 0.5) is 0 Å². The van der Waals surface area contributed by atoms with Crippen molar-refractivity contribution in [3.63, 3.8) is 0 Å². The topological polar surface area (TPSA) is 0 Å². The maximum atomic E-state index is 2.18. The predicted molar refractivity (Wildman–Crippen MR) is 108 cm³/mol. The first-order chi connectivity index (χ1) is 10.7. The van der Waals surface area contributed by atoms with Gasteiger partial charge in [0.05, 0.1) is 0 Å². The van der Waals surface area contributed by atoms with Gasteiger partial charge in [0.1, 0.15) is 0 Å². The SMILES string of the molecule is C.CC.CC[C-](C)c1ccccc1.CC[C-](C)c1ccccc1.[Y].[Y]. The molecule has 25 heavy (non-hydrogen) atoms. The molecule has 0 spiro atoms. The van der Waals surface area contributed by atoms with Crippen LogP contribution in [-0.2, 0) is 65.4 Å². The third-order valence-electron chi connectivity index (χ3n) is 3.59. The Kier molecular flexibility index (Phi) is 29.6. The van der Waals surface area contributed by atoms with E-state index in [1.54, 1.807) is 0 Å². The van der Waals surface area contributed by atoms with E-state index in [0.29, 0.717) is 0 Å². The van der Waals surface area contributed by atoms with E-state index in [2.05, 4.69) is 76.2 Å². The third kappa shape index (κ3) is 15.2. The van der Waals surface area contributed by atoms with Gasteiger partial charge in [0.25, 0.3) is 0 Å². The monoisotopic (exact) mass is 490 g/mol. The van der Waals surface area contributed by atoms with Crippen LogP contribution in [0.5, 0.6) is 0 Å². The molecule has 0 amide bonds. The molecule has 0 bridgehead atoms. The molecule has 0 heterocycles. The van der Waals surface area contributed by atoms with Crippen LogP contribution in [0.2, 0.25) is 0 Å². The minimum atomic E-state index is 0. The molecule has 0 nitrogen and oxygen atoms in total. The first kappa shape index (κ1) is 33.0. The van der Waals surface area contributed by atoms with Gasteiger partial charge in [-0.3, -0.25) is 0 Å². The Labute approximate surface area is 208 Å². The summed E-state index contributed by atoms with van der Waals surface area (Å²) in [5, 5.41) is 0. The zero-order valence-electron chi connectivity index (χ0n) is 16.3. The molecule has 136 valence electrons. The average Bonchev–Trinajstić information content (AvgIpc) is 2.64. The van der Waals surface area contributed by atoms with E-state index < -0.39 is 0 Å². The molecule has 2 rings (SSSR count). The summed E-state index contributed by atoms with van der Waals surface area (Å²) in [6.07, 6.45) is 2.29. The van der Waals surface area contributed by atoms with Crippen LogP contribution in [-0.4, -0.2) is 0 Å². The van der Waals surface area contributed by atoms with Crippen LogP contribution in [0.15, 0.2) is 60.7 Å². The van der Waals surface area contributed by atoms with Crippen LogP contribution in [0.1, 0.15) is 72.9 Å². The van der Waals surface area contributed by atoms with Crippen molar-refractivity contribution in [2.45, 2.75) is 61.8 Å². The van der Waals surface area contributed by atoms with Crippen molar-refractivity contribution >= 4 is 0 Å². The molecule has 0 aromatic heterocycles. The Morgan fingerprint density at radius 1 is 0.600 bits per heavy atom. The van der Waals surface area contributed by atoms with E-state index in [-0.39, 0.29) is 72.8 Å².